The fraction of sp³-hybridized carbons (Fsp3) is 0.435. The number of para-hydroxylation sites is 2. The summed E-state index contributed by atoms with van der Waals surface area (Å²) < 4.78 is 5.24. The van der Waals surface area contributed by atoms with Gasteiger partial charge in [0.2, 0.25) is 5.91 Å². The van der Waals surface area contributed by atoms with Gasteiger partial charge in [0.1, 0.15) is 5.76 Å². The first-order valence-corrected chi connectivity index (χ1v) is 10.1. The second-order valence-corrected chi connectivity index (χ2v) is 8.71. The minimum absolute atomic E-state index is 0.147. The molecule has 2 aromatic rings. The van der Waals surface area contributed by atoms with Gasteiger partial charge in [0, 0.05) is 11.6 Å². The van der Waals surface area contributed by atoms with Crippen LogP contribution >= 0.6 is 0 Å². The van der Waals surface area contributed by atoms with E-state index in [9.17, 15) is 4.79 Å². The number of anilines is 2. The molecule has 0 aliphatic heterocycles. The minimum atomic E-state index is -0.147. The Hall–Kier alpha value is -2.49. The van der Waals surface area contributed by atoms with Gasteiger partial charge in [-0.1, -0.05) is 12.1 Å². The van der Waals surface area contributed by atoms with Gasteiger partial charge in [-0.05, 0) is 86.6 Å². The number of hydrogen-bond donors (Lipinski definition) is 2. The van der Waals surface area contributed by atoms with E-state index in [-0.39, 0.29) is 11.4 Å². The average Bonchev–Trinajstić information content (AvgIpc) is 3.14. The van der Waals surface area contributed by atoms with Gasteiger partial charge in [0.25, 0.3) is 0 Å². The molecule has 2 N–H and O–H groups in total. The molecule has 27 heavy (non-hydrogen) atoms. The molecule has 4 aliphatic rings. The molecule has 4 saturated carbocycles. The maximum atomic E-state index is 12.4. The van der Waals surface area contributed by atoms with E-state index in [1.807, 2.05) is 30.3 Å². The van der Waals surface area contributed by atoms with Gasteiger partial charge >= 0.3 is 0 Å². The molecular weight excluding hydrogens is 336 g/mol. The van der Waals surface area contributed by atoms with Crippen LogP contribution < -0.4 is 10.6 Å². The Bertz CT molecular complexity index is 818. The van der Waals surface area contributed by atoms with Crippen molar-refractivity contribution >= 4 is 23.4 Å². The van der Waals surface area contributed by atoms with Gasteiger partial charge in [0.15, 0.2) is 0 Å². The number of nitrogens with one attached hydrogen (secondary N) is 2. The van der Waals surface area contributed by atoms with E-state index in [4.69, 9.17) is 4.42 Å². The molecule has 4 nitrogen and oxygen atoms in total. The summed E-state index contributed by atoms with van der Waals surface area (Å²) in [6, 6.07) is 11.7. The highest BCUT2D eigenvalue weighted by Gasteiger charge is 2.51. The van der Waals surface area contributed by atoms with Crippen LogP contribution in [0.2, 0.25) is 0 Å². The number of hydrogen-bond acceptors (Lipinski definition) is 3. The van der Waals surface area contributed by atoms with Crippen LogP contribution in [0.3, 0.4) is 0 Å². The summed E-state index contributed by atoms with van der Waals surface area (Å²) in [6.07, 6.45) is 12.9. The zero-order valence-electron chi connectivity index (χ0n) is 15.5. The number of rotatable bonds is 5. The van der Waals surface area contributed by atoms with E-state index < -0.39 is 0 Å². The molecule has 0 saturated heterocycles. The van der Waals surface area contributed by atoms with Gasteiger partial charge in [0.05, 0.1) is 17.6 Å². The molecule has 6 rings (SSSR count). The molecule has 0 atom stereocenters. The second kappa shape index (κ2) is 6.59. The van der Waals surface area contributed by atoms with Crippen molar-refractivity contribution in [1.82, 2.24) is 0 Å². The van der Waals surface area contributed by atoms with Crippen molar-refractivity contribution < 1.29 is 9.21 Å². The molecule has 1 heterocycles. The molecule has 4 bridgehead atoms. The molecule has 0 spiro atoms. The van der Waals surface area contributed by atoms with Crippen molar-refractivity contribution in [3.63, 3.8) is 0 Å². The molecule has 1 aromatic carbocycles. The molecule has 4 aliphatic carbocycles. The van der Waals surface area contributed by atoms with E-state index >= 15 is 0 Å². The molecular formula is C23H26N2O2. The lowest BCUT2D eigenvalue weighted by atomic mass is 9.53. The number of carbonyl (C=O) groups excluding carboxylic acids is 1. The molecule has 0 radical (unpaired) electrons. The van der Waals surface area contributed by atoms with Gasteiger partial charge in [-0.25, -0.2) is 0 Å². The van der Waals surface area contributed by atoms with Crippen LogP contribution in [0.15, 0.2) is 53.2 Å². The molecule has 0 unspecified atom stereocenters. The topological polar surface area (TPSA) is 54.3 Å². The maximum absolute atomic E-state index is 12.4. The predicted molar refractivity (Wildman–Crippen MR) is 107 cm³/mol. The van der Waals surface area contributed by atoms with Crippen molar-refractivity contribution in [2.24, 2.45) is 17.8 Å². The van der Waals surface area contributed by atoms with Crippen LogP contribution in [0.5, 0.6) is 0 Å². The Labute approximate surface area is 160 Å². The summed E-state index contributed by atoms with van der Waals surface area (Å²) in [4.78, 5) is 12.4. The number of furan rings is 1. The number of amides is 1. The van der Waals surface area contributed by atoms with E-state index in [0.29, 0.717) is 5.76 Å². The van der Waals surface area contributed by atoms with Crippen molar-refractivity contribution in [3.05, 3.63) is 54.5 Å². The minimum Gasteiger partial charge on any atom is -0.465 e. The first-order valence-electron chi connectivity index (χ1n) is 10.1. The summed E-state index contributed by atoms with van der Waals surface area (Å²) in [5.74, 6) is 3.20. The van der Waals surface area contributed by atoms with Gasteiger partial charge in [-0.3, -0.25) is 4.79 Å². The lowest BCUT2D eigenvalue weighted by molar-refractivity contribution is -0.111. The van der Waals surface area contributed by atoms with Crippen LogP contribution in [0.1, 0.15) is 44.3 Å². The summed E-state index contributed by atoms with van der Waals surface area (Å²) >= 11 is 0. The quantitative estimate of drug-likeness (QED) is 0.709. The smallest absolute Gasteiger partial charge is 0.248 e. The van der Waals surface area contributed by atoms with E-state index in [0.717, 1.165) is 29.1 Å². The summed E-state index contributed by atoms with van der Waals surface area (Å²) in [6.45, 7) is 0. The third kappa shape index (κ3) is 3.41. The van der Waals surface area contributed by atoms with Gasteiger partial charge in [-0.15, -0.1) is 0 Å². The maximum Gasteiger partial charge on any atom is 0.248 e. The normalized spacial score (nSPS) is 31.3. The fourth-order valence-corrected chi connectivity index (χ4v) is 5.97. The van der Waals surface area contributed by atoms with Crippen LogP contribution in [0.25, 0.3) is 6.08 Å². The van der Waals surface area contributed by atoms with Crippen molar-refractivity contribution in [1.29, 1.82) is 0 Å². The summed E-state index contributed by atoms with van der Waals surface area (Å²) in [7, 11) is 0. The molecule has 1 aromatic heterocycles. The third-order valence-electron chi connectivity index (χ3n) is 6.57. The summed E-state index contributed by atoms with van der Waals surface area (Å²) in [5, 5.41) is 6.90. The fourth-order valence-electron chi connectivity index (χ4n) is 5.97. The Kier molecular flexibility index (Phi) is 4.07. The Balaban J connectivity index is 1.32. The van der Waals surface area contributed by atoms with Crippen molar-refractivity contribution in [3.8, 4) is 0 Å². The van der Waals surface area contributed by atoms with Crippen molar-refractivity contribution in [2.45, 2.75) is 44.1 Å². The monoisotopic (exact) mass is 362 g/mol. The predicted octanol–water partition coefficient (Wildman–Crippen LogP) is 5.31. The number of benzene rings is 1. The lowest BCUT2D eigenvalue weighted by Crippen LogP contribution is -2.54. The molecule has 1 amide bonds. The SMILES string of the molecule is O=C(C=Cc1ccco1)Nc1ccccc1NC12CC3CC(CC(C3)C1)C2. The third-order valence-corrected chi connectivity index (χ3v) is 6.57. The van der Waals surface area contributed by atoms with E-state index in [1.54, 1.807) is 12.3 Å². The first kappa shape index (κ1) is 16.7. The second-order valence-electron chi connectivity index (χ2n) is 8.71. The van der Waals surface area contributed by atoms with Crippen LogP contribution in [-0.2, 0) is 4.79 Å². The highest BCUT2D eigenvalue weighted by atomic mass is 16.3. The van der Waals surface area contributed by atoms with Gasteiger partial charge in [-0.2, -0.15) is 0 Å². The highest BCUT2D eigenvalue weighted by molar-refractivity contribution is 6.03. The van der Waals surface area contributed by atoms with E-state index in [1.165, 1.54) is 44.6 Å². The first-order chi connectivity index (χ1) is 13.2. The van der Waals surface area contributed by atoms with Gasteiger partial charge < -0.3 is 15.1 Å². The van der Waals surface area contributed by atoms with Crippen LogP contribution in [0, 0.1) is 17.8 Å². The standard InChI is InChI=1S/C23H26N2O2/c26-22(8-7-19-4-3-9-27-19)24-20-5-1-2-6-21(20)25-23-13-16-10-17(14-23)12-18(11-16)15-23/h1-9,16-18,25H,10-15H2,(H,24,26). The van der Waals surface area contributed by atoms with Crippen molar-refractivity contribution in [2.75, 3.05) is 10.6 Å². The van der Waals surface area contributed by atoms with Crippen LogP contribution in [-0.4, -0.2) is 11.4 Å². The largest absolute Gasteiger partial charge is 0.465 e. The zero-order valence-corrected chi connectivity index (χ0v) is 15.5. The molecule has 4 fully saturated rings. The molecule has 4 heteroatoms. The van der Waals surface area contributed by atoms with E-state index in [2.05, 4.69) is 16.7 Å². The average molecular weight is 362 g/mol. The zero-order chi connectivity index (χ0) is 18.3. The molecule has 140 valence electrons. The Morgan fingerprint density at radius 3 is 2.26 bits per heavy atom. The summed E-state index contributed by atoms with van der Waals surface area (Å²) in [5.41, 5.74) is 2.11. The Morgan fingerprint density at radius 2 is 1.63 bits per heavy atom. The lowest BCUT2D eigenvalue weighted by Gasteiger charge is -2.57. The Morgan fingerprint density at radius 1 is 0.963 bits per heavy atom. The number of carbonyl (C=O) groups is 1. The highest BCUT2D eigenvalue weighted by Crippen LogP contribution is 2.56. The van der Waals surface area contributed by atoms with Crippen LogP contribution in [0.4, 0.5) is 11.4 Å².